The molecule has 10 heteroatoms. The number of nitrogens with zero attached hydrogens (tertiary/aromatic N) is 2. The largest absolute Gasteiger partial charge is 0.480 e. The molecule has 2 rings (SSSR count). The fourth-order valence-corrected chi connectivity index (χ4v) is 1.24. The first-order valence-electron chi connectivity index (χ1n) is 6.11. The van der Waals surface area contributed by atoms with Crippen LogP contribution in [0.25, 0.3) is 0 Å². The van der Waals surface area contributed by atoms with E-state index in [1.54, 1.807) is 6.92 Å². The van der Waals surface area contributed by atoms with Crippen molar-refractivity contribution in [3.05, 3.63) is 23.5 Å². The lowest BCUT2D eigenvalue weighted by atomic mass is 10.4. The molecule has 2 aromatic rings. The topological polar surface area (TPSA) is 139 Å². The minimum atomic E-state index is -1.05. The highest BCUT2D eigenvalue weighted by molar-refractivity contribution is 5.87. The van der Waals surface area contributed by atoms with Crippen LogP contribution in [0.15, 0.2) is 12.1 Å². The van der Waals surface area contributed by atoms with Crippen LogP contribution < -0.4 is 9.47 Å². The highest BCUT2D eigenvalue weighted by Gasteiger charge is 2.10. The molecule has 0 aliphatic carbocycles. The minimum absolute atomic E-state index is 0.0249. The summed E-state index contributed by atoms with van der Waals surface area (Å²) in [5, 5.41) is 20.4. The molecule has 3 N–H and O–H groups in total. The van der Waals surface area contributed by atoms with Crippen molar-refractivity contribution in [3.8, 4) is 11.8 Å². The zero-order valence-electron chi connectivity index (χ0n) is 12.2. The van der Waals surface area contributed by atoms with Gasteiger partial charge in [0.05, 0.1) is 20.8 Å². The van der Waals surface area contributed by atoms with E-state index >= 15 is 0 Å². The van der Waals surface area contributed by atoms with E-state index in [1.807, 2.05) is 0 Å². The van der Waals surface area contributed by atoms with Crippen LogP contribution in [0.1, 0.15) is 27.9 Å². The zero-order valence-corrected chi connectivity index (χ0v) is 12.2. The lowest BCUT2D eigenvalue weighted by Crippen LogP contribution is -2.04. The van der Waals surface area contributed by atoms with E-state index in [9.17, 15) is 9.59 Å². The van der Waals surface area contributed by atoms with Crippen molar-refractivity contribution < 1.29 is 28.9 Å². The van der Waals surface area contributed by atoms with Crippen molar-refractivity contribution in [1.82, 2.24) is 20.4 Å². The average molecular weight is 312 g/mol. The summed E-state index contributed by atoms with van der Waals surface area (Å²) in [5.74, 6) is -0.820. The second-order valence-corrected chi connectivity index (χ2v) is 3.67. The Kier molecular flexibility index (Phi) is 6.41. The Morgan fingerprint density at radius 3 is 1.95 bits per heavy atom. The molecule has 0 fully saturated rings. The fraction of sp³-hybridized carbons (Fsp3) is 0.333. The number of aromatic carboxylic acids is 1. The smallest absolute Gasteiger partial charge is 0.356 e. The van der Waals surface area contributed by atoms with Gasteiger partial charge in [-0.1, -0.05) is 0 Å². The molecule has 0 spiro atoms. The van der Waals surface area contributed by atoms with Crippen LogP contribution in [-0.4, -0.2) is 58.3 Å². The van der Waals surface area contributed by atoms with Crippen LogP contribution in [0.4, 0.5) is 0 Å². The molecule has 0 unspecified atom stereocenters. The van der Waals surface area contributed by atoms with Crippen LogP contribution in [0.2, 0.25) is 0 Å². The van der Waals surface area contributed by atoms with Gasteiger partial charge in [0, 0.05) is 12.1 Å². The van der Waals surface area contributed by atoms with Gasteiger partial charge in [-0.25, -0.2) is 9.59 Å². The summed E-state index contributed by atoms with van der Waals surface area (Å²) in [4.78, 5) is 21.2. The monoisotopic (exact) mass is 312 g/mol. The molecule has 0 saturated carbocycles. The maximum atomic E-state index is 11.0. The summed E-state index contributed by atoms with van der Waals surface area (Å²) in [5.41, 5.74) is 0.325. The van der Waals surface area contributed by atoms with E-state index in [0.717, 1.165) is 0 Å². The lowest BCUT2D eigenvalue weighted by molar-refractivity contribution is 0.0519. The standard InChI is InChI=1S/C7H10N2O3.C5H6N2O3/c1-3-12-7(10)5-4-6(11-2)9-8-5;1-10-4-2-3(5(8)9)6-7-4/h4H,3H2,1-2H3,(H,8,9);2H,1H3,(H,6,7)(H,8,9). The molecule has 2 heterocycles. The lowest BCUT2D eigenvalue weighted by Gasteiger charge is -1.95. The predicted molar refractivity (Wildman–Crippen MR) is 73.2 cm³/mol. The van der Waals surface area contributed by atoms with Gasteiger partial charge in [0.1, 0.15) is 11.4 Å². The van der Waals surface area contributed by atoms with Crippen molar-refractivity contribution in [3.63, 3.8) is 0 Å². The average Bonchev–Trinajstić information content (AvgIpc) is 3.17. The van der Waals surface area contributed by atoms with E-state index in [4.69, 9.17) is 14.6 Å². The Balaban J connectivity index is 0.000000224. The van der Waals surface area contributed by atoms with Crippen LogP contribution in [-0.2, 0) is 4.74 Å². The Hall–Kier alpha value is -3.04. The summed E-state index contributed by atoms with van der Waals surface area (Å²) >= 11 is 0. The number of nitrogens with one attached hydrogen (secondary N) is 2. The van der Waals surface area contributed by atoms with Crippen LogP contribution >= 0.6 is 0 Å². The van der Waals surface area contributed by atoms with Crippen molar-refractivity contribution >= 4 is 11.9 Å². The highest BCUT2D eigenvalue weighted by atomic mass is 16.5. The number of carboxylic acids is 1. The number of H-pyrrole nitrogens is 2. The van der Waals surface area contributed by atoms with Crippen LogP contribution in [0.3, 0.4) is 0 Å². The van der Waals surface area contributed by atoms with Crippen molar-refractivity contribution in [1.29, 1.82) is 0 Å². The summed E-state index contributed by atoms with van der Waals surface area (Å²) < 4.78 is 14.1. The number of aromatic amines is 2. The molecule has 2 aromatic heterocycles. The van der Waals surface area contributed by atoms with Gasteiger partial charge < -0.3 is 19.3 Å². The molecule has 0 aromatic carbocycles. The number of esters is 1. The third-order valence-electron chi connectivity index (χ3n) is 2.25. The van der Waals surface area contributed by atoms with Gasteiger partial charge >= 0.3 is 11.9 Å². The molecule has 0 atom stereocenters. The maximum Gasteiger partial charge on any atom is 0.356 e. The Morgan fingerprint density at radius 2 is 1.59 bits per heavy atom. The number of hydrogen-bond acceptors (Lipinski definition) is 7. The predicted octanol–water partition coefficient (Wildman–Crippen LogP) is 0.711. The number of aromatic nitrogens is 4. The number of carboxylic acid groups (broad SMARTS) is 1. The minimum Gasteiger partial charge on any atom is -0.480 e. The highest BCUT2D eigenvalue weighted by Crippen LogP contribution is 2.07. The molecule has 0 aliphatic heterocycles. The third-order valence-corrected chi connectivity index (χ3v) is 2.25. The van der Waals surface area contributed by atoms with Crippen molar-refractivity contribution in [2.75, 3.05) is 20.8 Å². The van der Waals surface area contributed by atoms with Crippen molar-refractivity contribution in [2.24, 2.45) is 0 Å². The number of carbonyl (C=O) groups excluding carboxylic acids is 1. The summed E-state index contributed by atoms with van der Waals surface area (Å²) in [6, 6.07) is 2.79. The molecule has 10 nitrogen and oxygen atoms in total. The first-order chi connectivity index (χ1) is 10.5. The second kappa shape index (κ2) is 8.29. The molecule has 0 saturated heterocycles. The number of rotatable bonds is 5. The van der Waals surface area contributed by atoms with Crippen LogP contribution in [0.5, 0.6) is 11.8 Å². The van der Waals surface area contributed by atoms with Gasteiger partial charge in [0.15, 0.2) is 0 Å². The molecule has 22 heavy (non-hydrogen) atoms. The van der Waals surface area contributed by atoms with Gasteiger partial charge in [0.2, 0.25) is 11.8 Å². The van der Waals surface area contributed by atoms with E-state index in [1.165, 1.54) is 26.4 Å². The number of carbonyl (C=O) groups is 2. The molecular weight excluding hydrogens is 296 g/mol. The Bertz CT molecular complexity index is 621. The summed E-state index contributed by atoms with van der Waals surface area (Å²) in [6.07, 6.45) is 0. The number of hydrogen-bond donors (Lipinski definition) is 3. The van der Waals surface area contributed by atoms with Gasteiger partial charge in [-0.05, 0) is 6.92 Å². The van der Waals surface area contributed by atoms with E-state index in [-0.39, 0.29) is 11.6 Å². The first kappa shape index (κ1) is 17.0. The van der Waals surface area contributed by atoms with Gasteiger partial charge in [-0.3, -0.25) is 10.2 Å². The van der Waals surface area contributed by atoms with Gasteiger partial charge in [-0.15, -0.1) is 10.2 Å². The Morgan fingerprint density at radius 1 is 1.09 bits per heavy atom. The van der Waals surface area contributed by atoms with Gasteiger partial charge in [-0.2, -0.15) is 0 Å². The third kappa shape index (κ3) is 4.81. The van der Waals surface area contributed by atoms with E-state index in [2.05, 4.69) is 25.1 Å². The molecule has 0 aliphatic rings. The molecule has 120 valence electrons. The van der Waals surface area contributed by atoms with Crippen LogP contribution in [0, 0.1) is 0 Å². The maximum absolute atomic E-state index is 11.0. The normalized spacial score (nSPS) is 9.41. The Labute approximate surface area is 125 Å². The summed E-state index contributed by atoms with van der Waals surface area (Å²) in [7, 11) is 2.90. The second-order valence-electron chi connectivity index (χ2n) is 3.67. The van der Waals surface area contributed by atoms with E-state index in [0.29, 0.717) is 18.2 Å². The van der Waals surface area contributed by atoms with Crippen molar-refractivity contribution in [2.45, 2.75) is 6.92 Å². The summed E-state index contributed by atoms with van der Waals surface area (Å²) in [6.45, 7) is 2.09. The molecule has 0 amide bonds. The first-order valence-corrected chi connectivity index (χ1v) is 6.11. The van der Waals surface area contributed by atoms with E-state index < -0.39 is 11.9 Å². The fourth-order valence-electron chi connectivity index (χ4n) is 1.24. The number of ether oxygens (including phenoxy) is 3. The quantitative estimate of drug-likeness (QED) is 0.686. The SMILES string of the molecule is CCOC(=O)c1cc(OC)n[nH]1.COc1cc(C(=O)O)[nH]n1. The van der Waals surface area contributed by atoms with Gasteiger partial charge in [0.25, 0.3) is 0 Å². The molecule has 0 radical (unpaired) electrons. The molecule has 0 bridgehead atoms. The zero-order chi connectivity index (χ0) is 16.5. The number of methoxy groups -OCH3 is 2. The molecular formula is C12H16N4O6.